The van der Waals surface area contributed by atoms with Gasteiger partial charge in [-0.15, -0.1) is 0 Å². The second kappa shape index (κ2) is 3.45. The van der Waals surface area contributed by atoms with Crippen LogP contribution in [0.4, 0.5) is 0 Å². The molecule has 54 valence electrons. The lowest BCUT2D eigenvalue weighted by atomic mass is 10.0. The van der Waals surface area contributed by atoms with Crippen LogP contribution in [0.5, 0.6) is 0 Å². The number of carbonyl (C=O) groups is 1. The third kappa shape index (κ3) is 2.46. The summed E-state index contributed by atoms with van der Waals surface area (Å²) in [6.45, 7) is 3.26. The van der Waals surface area contributed by atoms with Crippen LogP contribution < -0.4 is 5.72 Å². The lowest BCUT2D eigenvalue weighted by Gasteiger charge is -2.11. The molecule has 0 heterocycles. The molecule has 0 saturated heterocycles. The number of hydrogen-bond acceptors (Lipinski definition) is 2. The van der Waals surface area contributed by atoms with E-state index >= 15 is 0 Å². The van der Waals surface area contributed by atoms with Gasteiger partial charge in [0.05, 0.1) is 1.37 Å². The molecular formula is C6H13NO2. The van der Waals surface area contributed by atoms with E-state index < -0.39 is 17.9 Å². The first-order valence-corrected chi connectivity index (χ1v) is 2.88. The van der Waals surface area contributed by atoms with Crippen LogP contribution >= 0.6 is 0 Å². The molecule has 2 atom stereocenters. The van der Waals surface area contributed by atoms with Crippen molar-refractivity contribution in [2.24, 2.45) is 11.6 Å². The maximum atomic E-state index is 10.6. The van der Waals surface area contributed by atoms with Gasteiger partial charge in [-0.3, -0.25) is 4.79 Å². The van der Waals surface area contributed by atoms with Gasteiger partial charge in [0.25, 0.3) is 0 Å². The molecule has 3 heteroatoms. The van der Waals surface area contributed by atoms with Crippen molar-refractivity contribution >= 4 is 5.97 Å². The summed E-state index contributed by atoms with van der Waals surface area (Å²) < 4.78 is 21.0. The third-order valence-corrected chi connectivity index (χ3v) is 1.30. The van der Waals surface area contributed by atoms with E-state index in [9.17, 15) is 4.79 Å². The van der Waals surface area contributed by atoms with Crippen molar-refractivity contribution in [2.75, 3.05) is 0 Å². The van der Waals surface area contributed by atoms with Crippen molar-refractivity contribution in [1.29, 1.82) is 0 Å². The lowest BCUT2D eigenvalue weighted by molar-refractivity contribution is -0.139. The van der Waals surface area contributed by atoms with Gasteiger partial charge < -0.3 is 10.8 Å². The van der Waals surface area contributed by atoms with Crippen LogP contribution in [0.25, 0.3) is 0 Å². The van der Waals surface area contributed by atoms with Gasteiger partial charge in [-0.05, 0) is 5.92 Å². The zero-order valence-corrected chi connectivity index (χ0v) is 5.59. The lowest BCUT2D eigenvalue weighted by Crippen LogP contribution is -2.36. The molecule has 0 bridgehead atoms. The molecule has 0 spiro atoms. The molecule has 0 aromatic heterocycles. The minimum atomic E-state index is -2.16. The molecule has 3 N–H and O–H groups in total. The Hall–Kier alpha value is -0.570. The molecule has 0 aromatic carbocycles. The Kier molecular flexibility index (Phi) is 1.64. The SMILES string of the molecule is [2H]N([2H])[C@]([2H])(C(=O)O)[C@@H](C)CC. The molecule has 0 rings (SSSR count). The van der Waals surface area contributed by atoms with Crippen LogP contribution in [0.15, 0.2) is 0 Å². The van der Waals surface area contributed by atoms with E-state index in [0.717, 1.165) is 0 Å². The molecule has 0 aliphatic rings. The van der Waals surface area contributed by atoms with Gasteiger partial charge in [0, 0.05) is 0 Å². The maximum absolute atomic E-state index is 10.6. The van der Waals surface area contributed by atoms with Crippen LogP contribution in [0.3, 0.4) is 0 Å². The Morgan fingerprint density at radius 1 is 2.11 bits per heavy atom. The monoisotopic (exact) mass is 134 g/mol. The van der Waals surface area contributed by atoms with E-state index in [2.05, 4.69) is 0 Å². The average Bonchev–Trinajstić information content (AvgIpc) is 2.00. The molecule has 0 aliphatic carbocycles. The Labute approximate surface area is 59.2 Å². The molecule has 0 aliphatic heterocycles. The first-order valence-electron chi connectivity index (χ1n) is 4.28. The number of carboxylic acid groups (broad SMARTS) is 1. The summed E-state index contributed by atoms with van der Waals surface area (Å²) in [5.41, 5.74) is -0.0660. The van der Waals surface area contributed by atoms with Gasteiger partial charge in [0.2, 0.25) is 0 Å². The molecule has 9 heavy (non-hydrogen) atoms. The Balaban J connectivity index is 4.74. The van der Waals surface area contributed by atoms with Crippen molar-refractivity contribution in [3.63, 3.8) is 0 Å². The number of hydrogen-bond donors (Lipinski definition) is 2. The van der Waals surface area contributed by atoms with Gasteiger partial charge in [0.15, 0.2) is 0 Å². The van der Waals surface area contributed by atoms with Crippen molar-refractivity contribution in [3.8, 4) is 0 Å². The van der Waals surface area contributed by atoms with Crippen LogP contribution in [0.2, 0.25) is 2.82 Å². The summed E-state index contributed by atoms with van der Waals surface area (Å²) >= 11 is 0. The second-order valence-corrected chi connectivity index (χ2v) is 2.00. The quantitative estimate of drug-likeness (QED) is 0.586. The van der Waals surface area contributed by atoms with Crippen molar-refractivity contribution in [2.45, 2.75) is 26.3 Å². The molecular weight excluding hydrogens is 118 g/mol. The molecule has 0 aromatic rings. The highest BCUT2D eigenvalue weighted by Crippen LogP contribution is 2.04. The van der Waals surface area contributed by atoms with Crippen LogP contribution in [-0.4, -0.2) is 17.1 Å². The Morgan fingerprint density at radius 3 is 2.78 bits per heavy atom. The summed E-state index contributed by atoms with van der Waals surface area (Å²) in [5, 5.41) is 8.64. The topological polar surface area (TPSA) is 63.3 Å². The van der Waals surface area contributed by atoms with E-state index in [1.54, 1.807) is 6.92 Å². The highest BCUT2D eigenvalue weighted by molar-refractivity contribution is 5.73. The van der Waals surface area contributed by atoms with Crippen molar-refractivity contribution in [1.82, 2.24) is 0 Å². The first kappa shape index (κ1) is 4.28. The van der Waals surface area contributed by atoms with E-state index in [-0.39, 0.29) is 5.72 Å². The fourth-order valence-corrected chi connectivity index (χ4v) is 0.404. The molecule has 0 fully saturated rings. The first-order chi connectivity index (χ1) is 5.37. The van der Waals surface area contributed by atoms with E-state index in [4.69, 9.17) is 9.30 Å². The molecule has 0 amide bonds. The van der Waals surface area contributed by atoms with Crippen LogP contribution in [0.1, 0.15) is 21.6 Å². The van der Waals surface area contributed by atoms with Crippen molar-refractivity contribution in [3.05, 3.63) is 0 Å². The van der Waals surface area contributed by atoms with Gasteiger partial charge in [-0.2, -0.15) is 0 Å². The minimum absolute atomic E-state index is 0.0660. The number of nitrogens with two attached hydrogens (primary N) is 1. The summed E-state index contributed by atoms with van der Waals surface area (Å²) in [6.07, 6.45) is 0.448. The summed E-state index contributed by atoms with van der Waals surface area (Å²) in [5.74, 6) is -2.01. The summed E-state index contributed by atoms with van der Waals surface area (Å²) in [7, 11) is 0. The number of rotatable bonds is 4. The van der Waals surface area contributed by atoms with E-state index in [1.807, 2.05) is 0 Å². The van der Waals surface area contributed by atoms with E-state index in [1.165, 1.54) is 6.92 Å². The molecule has 0 unspecified atom stereocenters. The van der Waals surface area contributed by atoms with Crippen LogP contribution in [0, 0.1) is 5.92 Å². The second-order valence-electron chi connectivity index (χ2n) is 2.00. The smallest absolute Gasteiger partial charge is 0.320 e. The number of aliphatic carboxylic acids is 1. The summed E-state index contributed by atoms with van der Waals surface area (Å²) in [6, 6.07) is -2.16. The average molecular weight is 134 g/mol. The maximum Gasteiger partial charge on any atom is 0.320 e. The standard InChI is InChI=1S/C6H13NO2/c1-3-4(2)5(7)6(8)9/h4-5H,3,7H2,1-2H3,(H,8,9)/t4-,5-/m0/s1/i5D/hD2. The van der Waals surface area contributed by atoms with Gasteiger partial charge in [0.1, 0.15) is 8.84 Å². The predicted molar refractivity (Wildman–Crippen MR) is 35.1 cm³/mol. The predicted octanol–water partition coefficient (Wildman–Crippen LogP) is 0.444. The highest BCUT2D eigenvalue weighted by Gasteiger charge is 2.17. The Bertz CT molecular complexity index is 176. The molecule has 0 saturated carbocycles. The van der Waals surface area contributed by atoms with Gasteiger partial charge >= 0.3 is 5.97 Å². The molecule has 0 radical (unpaired) electrons. The largest absolute Gasteiger partial charge is 0.480 e. The zero-order chi connectivity index (χ0) is 9.94. The Morgan fingerprint density at radius 2 is 2.67 bits per heavy atom. The fourth-order valence-electron chi connectivity index (χ4n) is 0.404. The zero-order valence-electron chi connectivity index (χ0n) is 8.59. The highest BCUT2D eigenvalue weighted by atomic mass is 16.4. The number of carboxylic acids is 1. The summed E-state index contributed by atoms with van der Waals surface area (Å²) in [4.78, 5) is 10.6. The normalized spacial score (nSPS) is 25.4. The minimum Gasteiger partial charge on any atom is -0.480 e. The van der Waals surface area contributed by atoms with Gasteiger partial charge in [-0.25, -0.2) is 0 Å². The third-order valence-electron chi connectivity index (χ3n) is 1.30. The van der Waals surface area contributed by atoms with Gasteiger partial charge in [-0.1, -0.05) is 20.3 Å². The van der Waals surface area contributed by atoms with Crippen molar-refractivity contribution < 1.29 is 14.1 Å². The van der Waals surface area contributed by atoms with E-state index in [0.29, 0.717) is 6.42 Å². The molecule has 3 nitrogen and oxygen atoms in total. The van der Waals surface area contributed by atoms with Crippen LogP contribution in [-0.2, 0) is 4.79 Å². The fraction of sp³-hybridized carbons (Fsp3) is 0.833.